The maximum atomic E-state index is 13.5. The van der Waals surface area contributed by atoms with E-state index in [9.17, 15) is 9.59 Å². The Morgan fingerprint density at radius 1 is 1.21 bits per heavy atom. The zero-order chi connectivity index (χ0) is 25.4. The van der Waals surface area contributed by atoms with E-state index in [2.05, 4.69) is 31.5 Å². The molecule has 2 aromatic rings. The third kappa shape index (κ3) is 7.45. The Labute approximate surface area is 221 Å². The van der Waals surface area contributed by atoms with E-state index in [0.717, 1.165) is 6.42 Å². The van der Waals surface area contributed by atoms with E-state index in [4.69, 9.17) is 39.9 Å². The van der Waals surface area contributed by atoms with Gasteiger partial charge < -0.3 is 20.6 Å². The molecule has 1 aromatic heterocycles. The van der Waals surface area contributed by atoms with Crippen LogP contribution in [0.4, 0.5) is 11.5 Å². The molecule has 2 amide bonds. The van der Waals surface area contributed by atoms with Crippen molar-refractivity contribution in [2.24, 2.45) is 0 Å². The van der Waals surface area contributed by atoms with Gasteiger partial charge in [0.2, 0.25) is 0 Å². The summed E-state index contributed by atoms with van der Waals surface area (Å²) >= 11 is 21.9. The Hall–Kier alpha value is -2.10. The Morgan fingerprint density at radius 3 is 2.53 bits per heavy atom. The predicted octanol–water partition coefficient (Wildman–Crippen LogP) is 5.72. The number of amides is 2. The zero-order valence-corrected chi connectivity index (χ0v) is 22.6. The van der Waals surface area contributed by atoms with Gasteiger partial charge in [-0.05, 0) is 43.2 Å². The minimum absolute atomic E-state index is 0.0567. The fraction of sp³-hybridized carbons (Fsp3) is 0.261. The van der Waals surface area contributed by atoms with Gasteiger partial charge in [0.15, 0.2) is 5.82 Å². The molecule has 182 valence electrons. The molecule has 0 saturated heterocycles. The van der Waals surface area contributed by atoms with Gasteiger partial charge in [-0.25, -0.2) is 4.98 Å². The number of benzene rings is 1. The zero-order valence-electron chi connectivity index (χ0n) is 18.8. The number of rotatable bonds is 9. The average Bonchev–Trinajstić information content (AvgIpc) is 2.77. The number of nitrogens with one attached hydrogen (secondary N) is 2. The average molecular weight is 591 g/mol. The van der Waals surface area contributed by atoms with E-state index in [1.807, 2.05) is 13.0 Å². The maximum absolute atomic E-state index is 13.5. The normalized spacial score (nSPS) is 11.9. The molecule has 1 heterocycles. The molecule has 11 heteroatoms. The molecule has 34 heavy (non-hydrogen) atoms. The Bertz CT molecular complexity index is 1140. The Morgan fingerprint density at radius 2 is 1.91 bits per heavy atom. The number of aliphatic hydroxyl groups is 1. The second-order valence-electron chi connectivity index (χ2n) is 7.12. The quantitative estimate of drug-likeness (QED) is 0.257. The molecule has 3 N–H and O–H groups in total. The number of likely N-dealkylation sites (N-methyl/N-ethyl adjacent to an activating group) is 1. The van der Waals surface area contributed by atoms with E-state index in [1.54, 1.807) is 26.1 Å². The summed E-state index contributed by atoms with van der Waals surface area (Å²) < 4.78 is 0.672. The van der Waals surface area contributed by atoms with Crippen molar-refractivity contribution in [3.8, 4) is 0 Å². The lowest BCUT2D eigenvalue weighted by molar-refractivity contribution is -0.112. The van der Waals surface area contributed by atoms with Crippen molar-refractivity contribution in [1.29, 1.82) is 0 Å². The number of aromatic nitrogens is 1. The standard InChI is InChI=1S/C23H24BrCl3N4O3/c1-4-5-14(24)9-19(31(3)21-18(27)11-16(26)12-29-21)23(34)30-20-13(2)8-15(25)10-17(20)22(33)28-6-7-32/h5,8-12,32H,4,6-7H2,1-3H3,(H,28,33)(H,30,34)/b14-5-,19-9-. The molecule has 0 fully saturated rings. The molecule has 0 unspecified atom stereocenters. The first-order chi connectivity index (χ1) is 16.1. The van der Waals surface area contributed by atoms with Crippen LogP contribution in [0.15, 0.2) is 46.7 Å². The third-order valence-corrected chi connectivity index (χ3v) is 5.81. The number of nitrogens with zero attached hydrogens (tertiary/aromatic N) is 2. The number of hydrogen-bond donors (Lipinski definition) is 3. The van der Waals surface area contributed by atoms with Gasteiger partial charge in [0.1, 0.15) is 5.70 Å². The molecule has 0 aliphatic rings. The fourth-order valence-corrected chi connectivity index (χ4v) is 4.32. The number of pyridine rings is 1. The predicted molar refractivity (Wildman–Crippen MR) is 142 cm³/mol. The topological polar surface area (TPSA) is 94.6 Å². The van der Waals surface area contributed by atoms with Gasteiger partial charge in [-0.1, -0.05) is 63.7 Å². The van der Waals surface area contributed by atoms with Crippen LogP contribution in [0.25, 0.3) is 0 Å². The van der Waals surface area contributed by atoms with Crippen molar-refractivity contribution in [1.82, 2.24) is 10.3 Å². The van der Waals surface area contributed by atoms with Gasteiger partial charge in [-0.15, -0.1) is 0 Å². The Balaban J connectivity index is 2.53. The van der Waals surface area contributed by atoms with E-state index >= 15 is 0 Å². The van der Waals surface area contributed by atoms with Crippen LogP contribution >= 0.6 is 50.7 Å². The van der Waals surface area contributed by atoms with Crippen molar-refractivity contribution in [3.63, 3.8) is 0 Å². The number of halogens is 4. The van der Waals surface area contributed by atoms with Gasteiger partial charge in [-0.2, -0.15) is 0 Å². The highest BCUT2D eigenvalue weighted by Gasteiger charge is 2.23. The summed E-state index contributed by atoms with van der Waals surface area (Å²) in [6.45, 7) is 3.52. The van der Waals surface area contributed by atoms with Crippen molar-refractivity contribution < 1.29 is 14.7 Å². The smallest absolute Gasteiger partial charge is 0.272 e. The van der Waals surface area contributed by atoms with E-state index in [1.165, 1.54) is 23.2 Å². The highest BCUT2D eigenvalue weighted by Crippen LogP contribution is 2.30. The summed E-state index contributed by atoms with van der Waals surface area (Å²) in [6, 6.07) is 4.62. The van der Waals surface area contributed by atoms with Crippen molar-refractivity contribution in [2.75, 3.05) is 30.4 Å². The first kappa shape index (κ1) is 28.1. The summed E-state index contributed by atoms with van der Waals surface area (Å²) in [6.07, 6.45) is 5.68. The second-order valence-corrected chi connectivity index (χ2v) is 9.32. The summed E-state index contributed by atoms with van der Waals surface area (Å²) in [4.78, 5) is 31.9. The van der Waals surface area contributed by atoms with Crippen molar-refractivity contribution in [3.05, 3.63) is 72.9 Å². The molecule has 0 aliphatic heterocycles. The second kappa shape index (κ2) is 13.1. The van der Waals surface area contributed by atoms with Crippen LogP contribution < -0.4 is 15.5 Å². The minimum atomic E-state index is -0.515. The summed E-state index contributed by atoms with van der Waals surface area (Å²) in [5, 5.41) is 15.4. The Kier molecular flexibility index (Phi) is 10.9. The lowest BCUT2D eigenvalue weighted by atomic mass is 10.1. The number of anilines is 2. The van der Waals surface area contributed by atoms with Crippen LogP contribution in [-0.2, 0) is 4.79 Å². The molecular weight excluding hydrogens is 567 g/mol. The minimum Gasteiger partial charge on any atom is -0.395 e. The van der Waals surface area contributed by atoms with Crippen molar-refractivity contribution in [2.45, 2.75) is 20.3 Å². The maximum Gasteiger partial charge on any atom is 0.272 e. The molecule has 0 aliphatic carbocycles. The number of allylic oxidation sites excluding steroid dienone is 3. The van der Waals surface area contributed by atoms with Gasteiger partial charge in [0.05, 0.1) is 27.9 Å². The van der Waals surface area contributed by atoms with Crippen LogP contribution in [0.2, 0.25) is 15.1 Å². The highest BCUT2D eigenvalue weighted by molar-refractivity contribution is 9.11. The molecule has 0 spiro atoms. The number of carbonyl (C=O) groups excluding carboxylic acids is 2. The number of carbonyl (C=O) groups is 2. The fourth-order valence-electron chi connectivity index (χ4n) is 3.00. The molecule has 2 rings (SSSR count). The molecule has 0 saturated carbocycles. The first-order valence-electron chi connectivity index (χ1n) is 10.2. The molecule has 1 aromatic carbocycles. The molecule has 7 nitrogen and oxygen atoms in total. The van der Waals surface area contributed by atoms with Crippen molar-refractivity contribution >= 4 is 74.1 Å². The summed E-state index contributed by atoms with van der Waals surface area (Å²) in [7, 11) is 1.64. The third-order valence-electron chi connectivity index (χ3n) is 4.55. The van der Waals surface area contributed by atoms with E-state index < -0.39 is 11.8 Å². The van der Waals surface area contributed by atoms with Crippen LogP contribution in [-0.4, -0.2) is 42.1 Å². The van der Waals surface area contributed by atoms with Gasteiger partial charge in [0.25, 0.3) is 11.8 Å². The number of aryl methyl sites for hydroxylation is 1. The van der Waals surface area contributed by atoms with E-state index in [0.29, 0.717) is 25.9 Å². The molecule has 0 radical (unpaired) electrons. The molecule has 0 atom stereocenters. The number of hydrogen-bond acceptors (Lipinski definition) is 5. The highest BCUT2D eigenvalue weighted by atomic mass is 79.9. The van der Waals surface area contributed by atoms with Crippen LogP contribution in [0.5, 0.6) is 0 Å². The van der Waals surface area contributed by atoms with Crippen LogP contribution in [0.3, 0.4) is 0 Å². The SMILES string of the molecule is CC/C=C(Br)/C=C(/C(=O)Nc1c(C)cc(Cl)cc1C(=O)NCCO)N(C)c1ncc(Cl)cc1Cl. The summed E-state index contributed by atoms with van der Waals surface area (Å²) in [5.74, 6) is -0.681. The lowest BCUT2D eigenvalue weighted by Crippen LogP contribution is -2.31. The monoisotopic (exact) mass is 588 g/mol. The van der Waals surface area contributed by atoms with E-state index in [-0.39, 0.29) is 35.1 Å². The summed E-state index contributed by atoms with van der Waals surface area (Å²) in [5.41, 5.74) is 1.24. The molecular formula is C23H24BrCl3N4O3. The van der Waals surface area contributed by atoms with Crippen LogP contribution in [0.1, 0.15) is 29.3 Å². The lowest BCUT2D eigenvalue weighted by Gasteiger charge is -2.23. The largest absolute Gasteiger partial charge is 0.395 e. The number of aliphatic hydroxyl groups excluding tert-OH is 1. The molecule has 0 bridgehead atoms. The van der Waals surface area contributed by atoms with Gasteiger partial charge >= 0.3 is 0 Å². The van der Waals surface area contributed by atoms with Gasteiger partial charge in [-0.3, -0.25) is 9.59 Å². The van der Waals surface area contributed by atoms with Crippen LogP contribution in [0, 0.1) is 6.92 Å². The first-order valence-corrected chi connectivity index (χ1v) is 12.1. The van der Waals surface area contributed by atoms with Gasteiger partial charge in [0, 0.05) is 29.3 Å².